The van der Waals surface area contributed by atoms with Crippen LogP contribution in [-0.4, -0.2) is 12.5 Å². The average molecular weight is 460 g/mol. The maximum atomic E-state index is 12.6. The molecule has 4 rings (SSSR count). The lowest BCUT2D eigenvalue weighted by atomic mass is 10.0. The van der Waals surface area contributed by atoms with Gasteiger partial charge >= 0.3 is 0 Å². The number of hydrogen-bond acceptors (Lipinski definition) is 3. The zero-order valence-electron chi connectivity index (χ0n) is 19.7. The number of aryl methyl sites for hydroxylation is 1. The molecule has 0 heterocycles. The van der Waals surface area contributed by atoms with E-state index in [0.717, 1.165) is 36.1 Å². The van der Waals surface area contributed by atoms with E-state index < -0.39 is 0 Å². The average Bonchev–Trinajstić information content (AvgIpc) is 2.92. The maximum Gasteiger partial charge on any atom is 0.251 e. The molecule has 2 N–H and O–H groups in total. The SMILES string of the molecule is N#Cc1cccc(CNCc2ccc(-c3cccc(C(=O)NCCCc4ccccc4)c3)cc2)c1. The van der Waals surface area contributed by atoms with E-state index in [-0.39, 0.29) is 5.91 Å². The van der Waals surface area contributed by atoms with Gasteiger partial charge < -0.3 is 10.6 Å². The van der Waals surface area contributed by atoms with E-state index in [0.29, 0.717) is 24.2 Å². The highest BCUT2D eigenvalue weighted by molar-refractivity contribution is 5.95. The molecular weight excluding hydrogens is 430 g/mol. The van der Waals surface area contributed by atoms with Crippen molar-refractivity contribution in [2.45, 2.75) is 25.9 Å². The van der Waals surface area contributed by atoms with Crippen LogP contribution in [0.3, 0.4) is 0 Å². The van der Waals surface area contributed by atoms with Gasteiger partial charge in [-0.05, 0) is 64.9 Å². The minimum Gasteiger partial charge on any atom is -0.352 e. The number of nitrogens with zero attached hydrogens (tertiary/aromatic N) is 1. The van der Waals surface area contributed by atoms with Gasteiger partial charge in [-0.15, -0.1) is 0 Å². The van der Waals surface area contributed by atoms with Crippen LogP contribution in [0, 0.1) is 11.3 Å². The monoisotopic (exact) mass is 459 g/mol. The fraction of sp³-hybridized carbons (Fsp3) is 0.161. The molecule has 1 amide bonds. The van der Waals surface area contributed by atoms with Crippen molar-refractivity contribution in [2.75, 3.05) is 6.54 Å². The summed E-state index contributed by atoms with van der Waals surface area (Å²) in [5.41, 5.74) is 7.01. The second-order valence-corrected chi connectivity index (χ2v) is 8.54. The van der Waals surface area contributed by atoms with Gasteiger partial charge in [0, 0.05) is 25.2 Å². The van der Waals surface area contributed by atoms with Gasteiger partial charge in [0.1, 0.15) is 0 Å². The maximum absolute atomic E-state index is 12.6. The first-order valence-corrected chi connectivity index (χ1v) is 11.9. The van der Waals surface area contributed by atoms with Crippen LogP contribution in [0.15, 0.2) is 103 Å². The lowest BCUT2D eigenvalue weighted by Gasteiger charge is -2.09. The van der Waals surface area contributed by atoms with Gasteiger partial charge in [-0.2, -0.15) is 5.26 Å². The smallest absolute Gasteiger partial charge is 0.251 e. The van der Waals surface area contributed by atoms with E-state index in [2.05, 4.69) is 53.1 Å². The molecule has 0 fully saturated rings. The Morgan fingerprint density at radius 2 is 1.46 bits per heavy atom. The third-order valence-electron chi connectivity index (χ3n) is 5.90. The molecule has 0 aromatic heterocycles. The van der Waals surface area contributed by atoms with Crippen molar-refractivity contribution < 1.29 is 4.79 Å². The number of nitriles is 1. The lowest BCUT2D eigenvalue weighted by Crippen LogP contribution is -2.24. The summed E-state index contributed by atoms with van der Waals surface area (Å²) in [6, 6.07) is 36.3. The van der Waals surface area contributed by atoms with Gasteiger partial charge in [0.25, 0.3) is 5.91 Å². The minimum atomic E-state index is -0.0406. The van der Waals surface area contributed by atoms with Crippen LogP contribution in [-0.2, 0) is 19.5 Å². The lowest BCUT2D eigenvalue weighted by molar-refractivity contribution is 0.0953. The number of amides is 1. The largest absolute Gasteiger partial charge is 0.352 e. The molecule has 0 spiro atoms. The molecule has 0 aliphatic rings. The molecule has 0 bridgehead atoms. The van der Waals surface area contributed by atoms with Crippen LogP contribution in [0.2, 0.25) is 0 Å². The second kappa shape index (κ2) is 12.3. The van der Waals surface area contributed by atoms with Crippen LogP contribution < -0.4 is 10.6 Å². The molecule has 0 aliphatic carbocycles. The summed E-state index contributed by atoms with van der Waals surface area (Å²) >= 11 is 0. The predicted molar refractivity (Wildman–Crippen MR) is 141 cm³/mol. The summed E-state index contributed by atoms with van der Waals surface area (Å²) in [6.07, 6.45) is 1.86. The van der Waals surface area contributed by atoms with Crippen molar-refractivity contribution >= 4 is 5.91 Å². The number of benzene rings is 4. The first kappa shape index (κ1) is 23.9. The topological polar surface area (TPSA) is 64.9 Å². The Labute approximate surface area is 207 Å². The molecule has 0 saturated carbocycles. The van der Waals surface area contributed by atoms with E-state index in [4.69, 9.17) is 5.26 Å². The standard InChI is InChI=1S/C31H29N3O/c32-21-26-9-4-10-27(19-26)23-33-22-25-14-16-28(17-15-25)29-12-5-13-30(20-29)31(35)34-18-6-11-24-7-2-1-3-8-24/h1-5,7-10,12-17,19-20,33H,6,11,18,22-23H2,(H,34,35). The molecule has 4 heteroatoms. The van der Waals surface area contributed by atoms with Crippen molar-refractivity contribution in [3.05, 3.63) is 131 Å². The molecule has 174 valence electrons. The highest BCUT2D eigenvalue weighted by Gasteiger charge is 2.07. The molecule has 35 heavy (non-hydrogen) atoms. The highest BCUT2D eigenvalue weighted by atomic mass is 16.1. The summed E-state index contributed by atoms with van der Waals surface area (Å²) < 4.78 is 0. The predicted octanol–water partition coefficient (Wildman–Crippen LogP) is 5.88. The van der Waals surface area contributed by atoms with Crippen molar-refractivity contribution in [3.63, 3.8) is 0 Å². The summed E-state index contributed by atoms with van der Waals surface area (Å²) in [4.78, 5) is 12.6. The number of hydrogen-bond donors (Lipinski definition) is 2. The summed E-state index contributed by atoms with van der Waals surface area (Å²) in [5, 5.41) is 15.5. The van der Waals surface area contributed by atoms with Crippen LogP contribution in [0.25, 0.3) is 11.1 Å². The molecular formula is C31H29N3O. The zero-order chi connectivity index (χ0) is 24.3. The van der Waals surface area contributed by atoms with Gasteiger partial charge in [0.05, 0.1) is 11.6 Å². The third kappa shape index (κ3) is 7.14. The van der Waals surface area contributed by atoms with E-state index in [9.17, 15) is 4.79 Å². The van der Waals surface area contributed by atoms with Crippen LogP contribution in [0.1, 0.15) is 39.0 Å². The Kier molecular flexibility index (Phi) is 8.42. The first-order chi connectivity index (χ1) is 17.2. The van der Waals surface area contributed by atoms with Crippen LogP contribution in [0.5, 0.6) is 0 Å². The van der Waals surface area contributed by atoms with E-state index >= 15 is 0 Å². The molecule has 4 aromatic rings. The summed E-state index contributed by atoms with van der Waals surface area (Å²) in [7, 11) is 0. The Bertz CT molecular complexity index is 1290. The van der Waals surface area contributed by atoms with E-state index in [1.54, 1.807) is 0 Å². The molecule has 0 aliphatic heterocycles. The Hall–Kier alpha value is -4.20. The Morgan fingerprint density at radius 1 is 0.714 bits per heavy atom. The van der Waals surface area contributed by atoms with Crippen molar-refractivity contribution in [1.82, 2.24) is 10.6 Å². The van der Waals surface area contributed by atoms with Gasteiger partial charge in [0.15, 0.2) is 0 Å². The van der Waals surface area contributed by atoms with Crippen molar-refractivity contribution in [2.24, 2.45) is 0 Å². The summed E-state index contributed by atoms with van der Waals surface area (Å²) in [5.74, 6) is -0.0406. The molecule has 0 unspecified atom stereocenters. The minimum absolute atomic E-state index is 0.0406. The fourth-order valence-electron chi connectivity index (χ4n) is 4.00. The normalized spacial score (nSPS) is 10.5. The molecule has 0 radical (unpaired) electrons. The highest BCUT2D eigenvalue weighted by Crippen LogP contribution is 2.21. The molecule has 0 atom stereocenters. The number of carbonyl (C=O) groups excluding carboxylic acids is 1. The van der Waals surface area contributed by atoms with Gasteiger partial charge in [-0.25, -0.2) is 0 Å². The molecule has 4 nitrogen and oxygen atoms in total. The number of rotatable bonds is 10. The molecule has 0 saturated heterocycles. The number of nitrogens with one attached hydrogen (secondary N) is 2. The van der Waals surface area contributed by atoms with Crippen LogP contribution >= 0.6 is 0 Å². The Balaban J connectivity index is 1.28. The summed E-state index contributed by atoms with van der Waals surface area (Å²) in [6.45, 7) is 2.10. The van der Waals surface area contributed by atoms with Gasteiger partial charge in [-0.1, -0.05) is 78.9 Å². The van der Waals surface area contributed by atoms with E-state index in [1.807, 2.05) is 66.7 Å². The van der Waals surface area contributed by atoms with Crippen LogP contribution in [0.4, 0.5) is 0 Å². The fourth-order valence-corrected chi connectivity index (χ4v) is 4.00. The second-order valence-electron chi connectivity index (χ2n) is 8.54. The number of carbonyl (C=O) groups is 1. The third-order valence-corrected chi connectivity index (χ3v) is 5.90. The zero-order valence-corrected chi connectivity index (χ0v) is 19.7. The van der Waals surface area contributed by atoms with Gasteiger partial charge in [-0.3, -0.25) is 4.79 Å². The van der Waals surface area contributed by atoms with Gasteiger partial charge in [0.2, 0.25) is 0 Å². The first-order valence-electron chi connectivity index (χ1n) is 11.9. The quantitative estimate of drug-likeness (QED) is 0.291. The Morgan fingerprint density at radius 3 is 2.26 bits per heavy atom. The van der Waals surface area contributed by atoms with Crippen molar-refractivity contribution in [1.29, 1.82) is 5.26 Å². The molecule has 4 aromatic carbocycles. The van der Waals surface area contributed by atoms with E-state index in [1.165, 1.54) is 11.1 Å². The van der Waals surface area contributed by atoms with Crippen molar-refractivity contribution in [3.8, 4) is 17.2 Å².